The molecule has 1 fully saturated rings. The maximum Gasteiger partial charge on any atom is 0.318 e. The second-order valence-corrected chi connectivity index (χ2v) is 6.54. The molecule has 1 aromatic carbocycles. The van der Waals surface area contributed by atoms with E-state index in [0.717, 1.165) is 43.7 Å². The van der Waals surface area contributed by atoms with Crippen molar-refractivity contribution in [1.82, 2.24) is 15.5 Å². The Hall–Kier alpha value is -2.24. The highest BCUT2D eigenvalue weighted by Gasteiger charge is 2.28. The smallest absolute Gasteiger partial charge is 0.318 e. The first kappa shape index (κ1) is 19.1. The summed E-state index contributed by atoms with van der Waals surface area (Å²) >= 11 is 0. The zero-order chi connectivity index (χ0) is 18.2. The molecule has 2 N–H and O–H groups in total. The third-order valence-electron chi connectivity index (χ3n) is 4.81. The molecular formula is C19H29N3O3. The summed E-state index contributed by atoms with van der Waals surface area (Å²) < 4.78 is 5.31. The van der Waals surface area contributed by atoms with Crippen LogP contribution in [-0.2, 0) is 11.3 Å². The van der Waals surface area contributed by atoms with Crippen LogP contribution in [0.5, 0.6) is 5.75 Å². The first-order valence-electron chi connectivity index (χ1n) is 9.01. The van der Waals surface area contributed by atoms with Crippen LogP contribution >= 0.6 is 0 Å². The fraction of sp³-hybridized carbons (Fsp3) is 0.579. The lowest BCUT2D eigenvalue weighted by Gasteiger charge is -2.26. The highest BCUT2D eigenvalue weighted by molar-refractivity contribution is 5.87. The molecule has 0 aliphatic carbocycles. The third kappa shape index (κ3) is 5.11. The second-order valence-electron chi connectivity index (χ2n) is 6.54. The van der Waals surface area contributed by atoms with Crippen LogP contribution in [0, 0.1) is 5.92 Å². The first-order chi connectivity index (χ1) is 12.1. The van der Waals surface area contributed by atoms with Gasteiger partial charge in [-0.05, 0) is 24.8 Å². The van der Waals surface area contributed by atoms with Gasteiger partial charge in [-0.25, -0.2) is 4.79 Å². The Labute approximate surface area is 149 Å². The van der Waals surface area contributed by atoms with Crippen molar-refractivity contribution in [1.29, 1.82) is 0 Å². The predicted molar refractivity (Wildman–Crippen MR) is 97.4 cm³/mol. The molecule has 2 rings (SSSR count). The lowest BCUT2D eigenvalue weighted by atomic mass is 9.98. The van der Waals surface area contributed by atoms with Crippen molar-refractivity contribution in [3.8, 4) is 5.75 Å². The Morgan fingerprint density at radius 2 is 1.92 bits per heavy atom. The van der Waals surface area contributed by atoms with Crippen LogP contribution in [0.1, 0.15) is 38.7 Å². The number of nitrogens with one attached hydrogen (secondary N) is 2. The maximum atomic E-state index is 12.7. The molecule has 1 unspecified atom stereocenters. The number of likely N-dealkylation sites (tertiary alicyclic amines) is 1. The minimum atomic E-state index is -0.534. The van der Waals surface area contributed by atoms with E-state index in [9.17, 15) is 9.59 Å². The lowest BCUT2D eigenvalue weighted by molar-refractivity contribution is -0.124. The number of urea groups is 1. The Balaban J connectivity index is 1.98. The van der Waals surface area contributed by atoms with E-state index in [2.05, 4.69) is 10.6 Å². The van der Waals surface area contributed by atoms with Crippen molar-refractivity contribution in [2.24, 2.45) is 5.92 Å². The van der Waals surface area contributed by atoms with E-state index in [1.807, 2.05) is 38.1 Å². The Kier molecular flexibility index (Phi) is 7.10. The van der Waals surface area contributed by atoms with Crippen LogP contribution in [0.4, 0.5) is 4.79 Å². The normalized spacial score (nSPS) is 16.2. The molecule has 1 aromatic rings. The summed E-state index contributed by atoms with van der Waals surface area (Å²) in [4.78, 5) is 26.8. The minimum Gasteiger partial charge on any atom is -0.496 e. The zero-order valence-electron chi connectivity index (χ0n) is 15.4. The molecule has 0 aromatic heterocycles. The van der Waals surface area contributed by atoms with Gasteiger partial charge in [0.25, 0.3) is 0 Å². The van der Waals surface area contributed by atoms with Gasteiger partial charge in [-0.15, -0.1) is 0 Å². The van der Waals surface area contributed by atoms with Gasteiger partial charge >= 0.3 is 6.03 Å². The number of carbonyl (C=O) groups excluding carboxylic acids is 2. The third-order valence-corrected chi connectivity index (χ3v) is 4.81. The van der Waals surface area contributed by atoms with E-state index >= 15 is 0 Å². The number of carbonyl (C=O) groups is 2. The summed E-state index contributed by atoms with van der Waals surface area (Å²) in [5.74, 6) is 0.640. The highest BCUT2D eigenvalue weighted by Crippen LogP contribution is 2.17. The van der Waals surface area contributed by atoms with E-state index in [4.69, 9.17) is 4.74 Å². The van der Waals surface area contributed by atoms with E-state index in [0.29, 0.717) is 6.54 Å². The van der Waals surface area contributed by atoms with Crippen LogP contribution < -0.4 is 15.4 Å². The quantitative estimate of drug-likeness (QED) is 0.796. The summed E-state index contributed by atoms with van der Waals surface area (Å²) in [5, 5.41) is 5.85. The molecule has 2 atom stereocenters. The van der Waals surface area contributed by atoms with E-state index < -0.39 is 6.04 Å². The summed E-state index contributed by atoms with van der Waals surface area (Å²) in [5.41, 5.74) is 0.909. The number of amides is 3. The molecular weight excluding hydrogens is 318 g/mol. The number of benzene rings is 1. The molecule has 0 saturated carbocycles. The number of ether oxygens (including phenoxy) is 1. The SMILES string of the molecule is CCC(C)[C@@H](NC(=O)N1CCCC1)C(=O)NCc1ccccc1OC. The summed E-state index contributed by atoms with van der Waals surface area (Å²) in [6, 6.07) is 6.90. The van der Waals surface area contributed by atoms with Gasteiger partial charge < -0.3 is 20.3 Å². The number of para-hydroxylation sites is 1. The molecule has 1 saturated heterocycles. The zero-order valence-corrected chi connectivity index (χ0v) is 15.4. The molecule has 0 bridgehead atoms. The monoisotopic (exact) mass is 347 g/mol. The van der Waals surface area contributed by atoms with Crippen molar-refractivity contribution < 1.29 is 14.3 Å². The molecule has 1 heterocycles. The molecule has 0 spiro atoms. The molecule has 0 radical (unpaired) electrons. The highest BCUT2D eigenvalue weighted by atomic mass is 16.5. The molecule has 138 valence electrons. The summed E-state index contributed by atoms with van der Waals surface area (Å²) in [6.07, 6.45) is 2.87. The van der Waals surface area contributed by atoms with E-state index in [-0.39, 0.29) is 17.9 Å². The van der Waals surface area contributed by atoms with Crippen LogP contribution in [0.15, 0.2) is 24.3 Å². The maximum absolute atomic E-state index is 12.7. The number of hydrogen-bond acceptors (Lipinski definition) is 3. The summed E-state index contributed by atoms with van der Waals surface area (Å²) in [7, 11) is 1.61. The standard InChI is InChI=1S/C19H29N3O3/c1-4-14(2)17(21-19(24)22-11-7-8-12-22)18(23)20-13-15-9-5-6-10-16(15)25-3/h5-6,9-10,14,17H,4,7-8,11-13H2,1-3H3,(H,20,23)(H,21,24)/t14?,17-/m1/s1. The van der Waals surface area contributed by atoms with Gasteiger partial charge in [0.2, 0.25) is 5.91 Å². The average Bonchev–Trinajstić information content (AvgIpc) is 3.18. The van der Waals surface area contributed by atoms with Crippen LogP contribution in [0.25, 0.3) is 0 Å². The molecule has 6 nitrogen and oxygen atoms in total. The number of hydrogen-bond donors (Lipinski definition) is 2. The largest absolute Gasteiger partial charge is 0.496 e. The minimum absolute atomic E-state index is 0.0595. The summed E-state index contributed by atoms with van der Waals surface area (Å²) in [6.45, 7) is 5.91. The fourth-order valence-electron chi connectivity index (χ4n) is 2.99. The second kappa shape index (κ2) is 9.30. The van der Waals surface area contributed by atoms with Gasteiger partial charge in [0.05, 0.1) is 7.11 Å². The molecule has 1 aliphatic heterocycles. The first-order valence-corrected chi connectivity index (χ1v) is 9.01. The number of rotatable bonds is 7. The molecule has 1 aliphatic rings. The lowest BCUT2D eigenvalue weighted by Crippen LogP contribution is -2.53. The van der Waals surface area contributed by atoms with Crippen LogP contribution in [-0.4, -0.2) is 43.1 Å². The van der Waals surface area contributed by atoms with Gasteiger partial charge in [0.1, 0.15) is 11.8 Å². The van der Waals surface area contributed by atoms with Crippen LogP contribution in [0.2, 0.25) is 0 Å². The Bertz CT molecular complexity index is 585. The topological polar surface area (TPSA) is 70.7 Å². The Morgan fingerprint density at radius 1 is 1.24 bits per heavy atom. The molecule has 25 heavy (non-hydrogen) atoms. The van der Waals surface area contributed by atoms with E-state index in [1.54, 1.807) is 12.0 Å². The number of methoxy groups -OCH3 is 1. The fourth-order valence-corrected chi connectivity index (χ4v) is 2.99. The molecule has 3 amide bonds. The van der Waals surface area contributed by atoms with Gasteiger partial charge in [0, 0.05) is 25.2 Å². The van der Waals surface area contributed by atoms with Gasteiger partial charge in [-0.2, -0.15) is 0 Å². The van der Waals surface area contributed by atoms with Crippen molar-refractivity contribution in [2.45, 2.75) is 45.7 Å². The van der Waals surface area contributed by atoms with Crippen molar-refractivity contribution in [3.05, 3.63) is 29.8 Å². The van der Waals surface area contributed by atoms with Gasteiger partial charge in [0.15, 0.2) is 0 Å². The Morgan fingerprint density at radius 3 is 2.56 bits per heavy atom. The molecule has 6 heteroatoms. The van der Waals surface area contributed by atoms with Crippen molar-refractivity contribution in [3.63, 3.8) is 0 Å². The van der Waals surface area contributed by atoms with Crippen molar-refractivity contribution >= 4 is 11.9 Å². The average molecular weight is 347 g/mol. The van der Waals surface area contributed by atoms with E-state index in [1.165, 1.54) is 0 Å². The van der Waals surface area contributed by atoms with Crippen molar-refractivity contribution in [2.75, 3.05) is 20.2 Å². The number of nitrogens with zero attached hydrogens (tertiary/aromatic N) is 1. The van der Waals surface area contributed by atoms with Crippen LogP contribution in [0.3, 0.4) is 0 Å². The van der Waals surface area contributed by atoms with Gasteiger partial charge in [-0.3, -0.25) is 4.79 Å². The predicted octanol–water partition coefficient (Wildman–Crippen LogP) is 2.53. The van der Waals surface area contributed by atoms with Gasteiger partial charge in [-0.1, -0.05) is 38.5 Å².